The van der Waals surface area contributed by atoms with Crippen molar-refractivity contribution in [3.8, 4) is 0 Å². The number of fused-ring (bicyclic) bond motifs is 1. The van der Waals surface area contributed by atoms with Gasteiger partial charge in [0.25, 0.3) is 12.3 Å². The van der Waals surface area contributed by atoms with Gasteiger partial charge in [0, 0.05) is 31.5 Å². The monoisotopic (exact) mass is 372 g/mol. The molecule has 3 aromatic rings. The molecule has 3 aromatic heterocycles. The van der Waals surface area contributed by atoms with E-state index in [0.29, 0.717) is 11.6 Å². The fourth-order valence-electron chi connectivity index (χ4n) is 3.17. The van der Waals surface area contributed by atoms with Crippen LogP contribution in [0.25, 0.3) is 5.65 Å². The van der Waals surface area contributed by atoms with Crippen LogP contribution in [0.15, 0.2) is 42.7 Å². The Morgan fingerprint density at radius 3 is 2.74 bits per heavy atom. The van der Waals surface area contributed by atoms with Gasteiger partial charge in [-0.3, -0.25) is 4.79 Å². The standard InChI is InChI=1S/C19H18F2N4O2/c20-18(21)14-2-1-3-15(23-14)19(26)22-13-4-5-17-24-16(11-25(17)10-13)12-6-8-27-9-7-12/h1-5,10-12,18H,6-9H2,(H,22,26). The molecule has 0 bridgehead atoms. The van der Waals surface area contributed by atoms with Crippen molar-refractivity contribution >= 4 is 17.2 Å². The first-order valence-corrected chi connectivity index (χ1v) is 8.73. The third kappa shape index (κ3) is 3.80. The van der Waals surface area contributed by atoms with Crippen molar-refractivity contribution in [3.63, 3.8) is 0 Å². The molecule has 1 aliphatic rings. The fourth-order valence-corrected chi connectivity index (χ4v) is 3.17. The lowest BCUT2D eigenvalue weighted by Gasteiger charge is -2.19. The minimum absolute atomic E-state index is 0.0542. The molecule has 0 saturated carbocycles. The highest BCUT2D eigenvalue weighted by atomic mass is 19.3. The van der Waals surface area contributed by atoms with Gasteiger partial charge in [-0.25, -0.2) is 18.7 Å². The third-order valence-electron chi connectivity index (χ3n) is 4.59. The van der Waals surface area contributed by atoms with E-state index in [9.17, 15) is 13.6 Å². The molecule has 0 spiro atoms. The number of nitrogens with zero attached hydrogens (tertiary/aromatic N) is 3. The predicted molar refractivity (Wildman–Crippen MR) is 95.1 cm³/mol. The summed E-state index contributed by atoms with van der Waals surface area (Å²) < 4.78 is 32.7. The van der Waals surface area contributed by atoms with E-state index >= 15 is 0 Å². The molecular weight excluding hydrogens is 354 g/mol. The van der Waals surface area contributed by atoms with Crippen molar-refractivity contribution < 1.29 is 18.3 Å². The molecule has 0 aromatic carbocycles. The lowest BCUT2D eigenvalue weighted by Crippen LogP contribution is -2.14. The Morgan fingerprint density at radius 1 is 1.15 bits per heavy atom. The smallest absolute Gasteiger partial charge is 0.280 e. The molecule has 6 nitrogen and oxygen atoms in total. The summed E-state index contributed by atoms with van der Waals surface area (Å²) in [6, 6.07) is 7.52. The summed E-state index contributed by atoms with van der Waals surface area (Å²) in [5.41, 5.74) is 1.85. The average molecular weight is 372 g/mol. The number of ether oxygens (including phenoxy) is 1. The second-order valence-corrected chi connectivity index (χ2v) is 6.44. The molecule has 0 atom stereocenters. The van der Waals surface area contributed by atoms with Gasteiger partial charge in [-0.1, -0.05) is 6.07 Å². The molecule has 8 heteroatoms. The number of carbonyl (C=O) groups excluding carboxylic acids is 1. The van der Waals surface area contributed by atoms with Crippen LogP contribution in [-0.4, -0.2) is 33.5 Å². The number of rotatable bonds is 4. The first kappa shape index (κ1) is 17.5. The van der Waals surface area contributed by atoms with Crippen molar-refractivity contribution in [1.82, 2.24) is 14.4 Å². The Labute approximate surface area is 154 Å². The zero-order valence-electron chi connectivity index (χ0n) is 14.4. The summed E-state index contributed by atoms with van der Waals surface area (Å²) in [6.07, 6.45) is 2.87. The van der Waals surface area contributed by atoms with Crippen LogP contribution in [0.2, 0.25) is 0 Å². The van der Waals surface area contributed by atoms with Crippen molar-refractivity contribution in [3.05, 3.63) is 59.8 Å². The number of hydrogen-bond acceptors (Lipinski definition) is 4. The van der Waals surface area contributed by atoms with Crippen molar-refractivity contribution in [2.24, 2.45) is 0 Å². The summed E-state index contributed by atoms with van der Waals surface area (Å²) in [5.74, 6) is -0.167. The zero-order valence-corrected chi connectivity index (χ0v) is 14.4. The first-order valence-electron chi connectivity index (χ1n) is 8.73. The number of hydrogen-bond donors (Lipinski definition) is 1. The van der Waals surface area contributed by atoms with Crippen LogP contribution in [-0.2, 0) is 4.74 Å². The van der Waals surface area contributed by atoms with Gasteiger partial charge in [-0.05, 0) is 37.1 Å². The number of pyridine rings is 2. The zero-order chi connectivity index (χ0) is 18.8. The van der Waals surface area contributed by atoms with Gasteiger partial charge in [-0.15, -0.1) is 0 Å². The highest BCUT2D eigenvalue weighted by molar-refractivity contribution is 6.02. The van der Waals surface area contributed by atoms with Crippen LogP contribution in [0.1, 0.15) is 47.1 Å². The van der Waals surface area contributed by atoms with Crippen LogP contribution in [0.5, 0.6) is 0 Å². The van der Waals surface area contributed by atoms with E-state index in [1.807, 2.05) is 10.6 Å². The molecule has 4 heterocycles. The van der Waals surface area contributed by atoms with Crippen LogP contribution >= 0.6 is 0 Å². The lowest BCUT2D eigenvalue weighted by atomic mass is 9.97. The molecule has 1 amide bonds. The Kier molecular flexibility index (Phi) is 4.81. The molecule has 0 aliphatic carbocycles. The van der Waals surface area contributed by atoms with Gasteiger partial charge < -0.3 is 14.5 Å². The quantitative estimate of drug-likeness (QED) is 0.756. The van der Waals surface area contributed by atoms with Crippen molar-refractivity contribution in [2.75, 3.05) is 18.5 Å². The van der Waals surface area contributed by atoms with Crippen LogP contribution in [0.4, 0.5) is 14.5 Å². The van der Waals surface area contributed by atoms with E-state index in [0.717, 1.165) is 37.4 Å². The summed E-state index contributed by atoms with van der Waals surface area (Å²) in [7, 11) is 0. The van der Waals surface area contributed by atoms with Gasteiger partial charge >= 0.3 is 0 Å². The Bertz CT molecular complexity index is 967. The maximum absolute atomic E-state index is 12.8. The molecule has 4 rings (SSSR count). The van der Waals surface area contributed by atoms with E-state index in [-0.39, 0.29) is 5.69 Å². The normalized spacial score (nSPS) is 15.4. The van der Waals surface area contributed by atoms with E-state index in [4.69, 9.17) is 4.74 Å². The third-order valence-corrected chi connectivity index (χ3v) is 4.59. The second-order valence-electron chi connectivity index (χ2n) is 6.44. The van der Waals surface area contributed by atoms with Crippen LogP contribution < -0.4 is 5.32 Å². The van der Waals surface area contributed by atoms with Crippen LogP contribution in [0.3, 0.4) is 0 Å². The fraction of sp³-hybridized carbons (Fsp3) is 0.316. The SMILES string of the molecule is O=C(Nc1ccc2nc(C3CCOCC3)cn2c1)c1cccc(C(F)F)n1. The highest BCUT2D eigenvalue weighted by Crippen LogP contribution is 2.26. The maximum Gasteiger partial charge on any atom is 0.280 e. The van der Waals surface area contributed by atoms with Gasteiger partial charge in [0.05, 0.1) is 11.4 Å². The molecule has 0 radical (unpaired) electrons. The van der Waals surface area contributed by atoms with Crippen molar-refractivity contribution in [1.29, 1.82) is 0 Å². The predicted octanol–water partition coefficient (Wildman–Crippen LogP) is 3.81. The molecule has 0 unspecified atom stereocenters. The van der Waals surface area contributed by atoms with E-state index in [1.54, 1.807) is 18.3 Å². The molecule has 140 valence electrons. The largest absolute Gasteiger partial charge is 0.381 e. The average Bonchev–Trinajstić information content (AvgIpc) is 3.12. The molecular formula is C19H18F2N4O2. The second kappa shape index (κ2) is 7.40. The van der Waals surface area contributed by atoms with Gasteiger partial charge in [0.2, 0.25) is 0 Å². The number of anilines is 1. The number of halogens is 2. The number of nitrogens with one attached hydrogen (secondary N) is 1. The first-order chi connectivity index (χ1) is 13.1. The summed E-state index contributed by atoms with van der Waals surface area (Å²) >= 11 is 0. The maximum atomic E-state index is 12.8. The molecule has 1 N–H and O–H groups in total. The van der Waals surface area contributed by atoms with Crippen LogP contribution in [0, 0.1) is 0 Å². The number of aromatic nitrogens is 3. The Balaban J connectivity index is 1.53. The summed E-state index contributed by atoms with van der Waals surface area (Å²) in [5, 5.41) is 2.69. The highest BCUT2D eigenvalue weighted by Gasteiger charge is 2.19. The molecule has 27 heavy (non-hydrogen) atoms. The van der Waals surface area contributed by atoms with Crippen molar-refractivity contribution in [2.45, 2.75) is 25.2 Å². The minimum Gasteiger partial charge on any atom is -0.381 e. The number of imidazole rings is 1. The number of carbonyl (C=O) groups is 1. The molecule has 1 saturated heterocycles. The number of alkyl halides is 2. The lowest BCUT2D eigenvalue weighted by molar-refractivity contribution is 0.0846. The van der Waals surface area contributed by atoms with E-state index < -0.39 is 18.0 Å². The Morgan fingerprint density at radius 2 is 1.96 bits per heavy atom. The number of amides is 1. The summed E-state index contributed by atoms with van der Waals surface area (Å²) in [6.45, 7) is 1.48. The molecule has 1 fully saturated rings. The van der Waals surface area contributed by atoms with E-state index in [2.05, 4.69) is 15.3 Å². The Hall–Kier alpha value is -2.87. The van der Waals surface area contributed by atoms with Gasteiger partial charge in [-0.2, -0.15) is 0 Å². The molecule has 1 aliphatic heterocycles. The van der Waals surface area contributed by atoms with Gasteiger partial charge in [0.1, 0.15) is 17.0 Å². The topological polar surface area (TPSA) is 68.5 Å². The van der Waals surface area contributed by atoms with Gasteiger partial charge in [0.15, 0.2) is 0 Å². The summed E-state index contributed by atoms with van der Waals surface area (Å²) in [4.78, 5) is 20.7. The van der Waals surface area contributed by atoms with E-state index in [1.165, 1.54) is 18.2 Å². The minimum atomic E-state index is -2.72.